The van der Waals surface area contributed by atoms with E-state index >= 15 is 0 Å². The molecule has 0 aromatic carbocycles. The van der Waals surface area contributed by atoms with Gasteiger partial charge in [-0.2, -0.15) is 0 Å². The van der Waals surface area contributed by atoms with Crippen LogP contribution in [0.4, 0.5) is 0 Å². The first-order chi connectivity index (χ1) is 17.0. The lowest BCUT2D eigenvalue weighted by Crippen LogP contribution is -2.53. The third-order valence-corrected chi connectivity index (χ3v) is 10.6. The predicted molar refractivity (Wildman–Crippen MR) is 134 cm³/mol. The smallest absolute Gasteiger partial charge is 0.328 e. The van der Waals surface area contributed by atoms with Crippen molar-refractivity contribution in [2.45, 2.75) is 83.5 Å². The minimum atomic E-state index is -0.790. The molecule has 4 fully saturated rings. The molecule has 8 nitrogen and oxygen atoms in total. The van der Waals surface area contributed by atoms with E-state index in [2.05, 4.69) is 31.2 Å². The Hall–Kier alpha value is -2.19. The number of aliphatic hydroxyl groups is 2. The fraction of sp³-hybridized carbons (Fsp3) is 0.750. The zero-order valence-electron chi connectivity index (χ0n) is 21.9. The predicted octanol–water partition coefficient (Wildman–Crippen LogP) is 2.98. The van der Waals surface area contributed by atoms with Gasteiger partial charge in [0.2, 0.25) is 0 Å². The number of hydrogen-bond donors (Lipinski definition) is 2. The van der Waals surface area contributed by atoms with Crippen LogP contribution in [0.3, 0.4) is 0 Å². The molecule has 0 spiro atoms. The van der Waals surface area contributed by atoms with Crippen LogP contribution in [0.15, 0.2) is 29.0 Å². The van der Waals surface area contributed by atoms with Crippen LogP contribution in [-0.2, 0) is 19.2 Å². The first-order valence-corrected chi connectivity index (χ1v) is 13.4. The van der Waals surface area contributed by atoms with Gasteiger partial charge in [0.15, 0.2) is 6.61 Å². The molecule has 198 valence electrons. The zero-order chi connectivity index (χ0) is 25.9. The van der Waals surface area contributed by atoms with Gasteiger partial charge in [-0.1, -0.05) is 30.7 Å². The maximum Gasteiger partial charge on any atom is 0.328 e. The molecule has 0 radical (unpaired) electrons. The van der Waals surface area contributed by atoms with Crippen LogP contribution in [0.1, 0.15) is 65.7 Å². The van der Waals surface area contributed by atoms with Crippen LogP contribution in [0.25, 0.3) is 0 Å². The van der Waals surface area contributed by atoms with Gasteiger partial charge in [-0.3, -0.25) is 4.79 Å². The van der Waals surface area contributed by atoms with Gasteiger partial charge in [-0.25, -0.2) is 4.79 Å². The van der Waals surface area contributed by atoms with E-state index in [4.69, 9.17) is 9.57 Å². The van der Waals surface area contributed by atoms with E-state index < -0.39 is 29.6 Å². The Morgan fingerprint density at radius 3 is 2.67 bits per heavy atom. The van der Waals surface area contributed by atoms with E-state index in [1.165, 1.54) is 17.6 Å². The van der Waals surface area contributed by atoms with E-state index in [9.17, 15) is 19.8 Å². The molecule has 3 saturated carbocycles. The van der Waals surface area contributed by atoms with Crippen molar-refractivity contribution >= 4 is 17.6 Å². The van der Waals surface area contributed by atoms with E-state index in [1.807, 2.05) is 13.0 Å². The maximum absolute atomic E-state index is 12.6. The summed E-state index contributed by atoms with van der Waals surface area (Å²) in [6.45, 7) is 6.47. The molecule has 5 rings (SSSR count). The van der Waals surface area contributed by atoms with Gasteiger partial charge in [0.1, 0.15) is 11.8 Å². The summed E-state index contributed by atoms with van der Waals surface area (Å²) in [5.74, 6) is 0.810. The van der Waals surface area contributed by atoms with E-state index in [1.54, 1.807) is 0 Å². The molecule has 2 N–H and O–H groups in total. The second kappa shape index (κ2) is 8.98. The van der Waals surface area contributed by atoms with Crippen molar-refractivity contribution < 1.29 is 29.4 Å². The molecular weight excluding hydrogens is 460 g/mol. The van der Waals surface area contributed by atoms with Crippen molar-refractivity contribution in [3.05, 3.63) is 23.8 Å². The number of rotatable bonds is 4. The van der Waals surface area contributed by atoms with Gasteiger partial charge in [-0.05, 0) is 80.8 Å². The summed E-state index contributed by atoms with van der Waals surface area (Å²) < 4.78 is 4.76. The lowest BCUT2D eigenvalue weighted by molar-refractivity contribution is -0.152. The summed E-state index contributed by atoms with van der Waals surface area (Å²) in [5.41, 5.74) is 1.47. The summed E-state index contributed by atoms with van der Waals surface area (Å²) in [7, 11) is 1.27. The molecule has 1 heterocycles. The van der Waals surface area contributed by atoms with Crippen LogP contribution < -0.4 is 0 Å². The minimum Gasteiger partial charge on any atom is -0.467 e. The van der Waals surface area contributed by atoms with Gasteiger partial charge >= 0.3 is 5.97 Å². The first kappa shape index (κ1) is 25.5. The lowest BCUT2D eigenvalue weighted by atomic mass is 9.47. The topological polar surface area (TPSA) is 109 Å². The third kappa shape index (κ3) is 3.92. The van der Waals surface area contributed by atoms with Crippen LogP contribution in [-0.4, -0.2) is 70.7 Å². The van der Waals surface area contributed by atoms with Gasteiger partial charge in [-0.15, -0.1) is 0 Å². The summed E-state index contributed by atoms with van der Waals surface area (Å²) >= 11 is 0. The largest absolute Gasteiger partial charge is 0.467 e. The Morgan fingerprint density at radius 1 is 1.17 bits per heavy atom. The number of hydrogen-bond acceptors (Lipinski definition) is 7. The van der Waals surface area contributed by atoms with Crippen molar-refractivity contribution in [2.24, 2.45) is 33.7 Å². The monoisotopic (exact) mass is 500 g/mol. The number of ether oxygens (including phenoxy) is 1. The Kier molecular flexibility index (Phi) is 6.35. The Labute approximate surface area is 213 Å². The van der Waals surface area contributed by atoms with Crippen LogP contribution in [0.2, 0.25) is 0 Å². The molecule has 1 aliphatic heterocycles. The number of esters is 1. The second-order valence-corrected chi connectivity index (χ2v) is 12.2. The van der Waals surface area contributed by atoms with E-state index in [-0.39, 0.29) is 30.4 Å². The fourth-order valence-electron chi connectivity index (χ4n) is 8.20. The quantitative estimate of drug-likeness (QED) is 0.454. The molecule has 36 heavy (non-hydrogen) atoms. The Bertz CT molecular complexity index is 1020. The summed E-state index contributed by atoms with van der Waals surface area (Å²) in [4.78, 5) is 31.3. The number of oxime groups is 1. The highest BCUT2D eigenvalue weighted by Gasteiger charge is 2.62. The molecule has 8 atom stereocenters. The molecule has 0 aromatic rings. The molecule has 8 heteroatoms. The maximum atomic E-state index is 12.6. The lowest BCUT2D eigenvalue weighted by Gasteiger charge is -2.58. The number of methoxy groups -OCH3 is 1. The van der Waals surface area contributed by atoms with Crippen LogP contribution >= 0.6 is 0 Å². The standard InChI is InChI=1S/C28H40N2O6/c1-26-10-7-18(29-36-16-24(32)30-15-19(31)14-23(30)25(33)35-4)13-17(26)5-6-20-21(26)8-11-27(2)22(20)9-12-28(27,3)34/h7,10,13,19-23,31,34H,5-6,8-9,11-12,14-16H2,1-4H3/b29-18-/t19-,20+,21-,22-,23-,26-,27-,28-/m0/s1. The number of carbonyl (C=O) groups excluding carboxylic acids is 2. The number of β-amino-alcohol motifs (C(OH)–C–C–N with tert-alkyl or cyclic N) is 1. The summed E-state index contributed by atoms with van der Waals surface area (Å²) in [6, 6.07) is -0.790. The van der Waals surface area contributed by atoms with E-state index in [0.717, 1.165) is 38.5 Å². The van der Waals surface area contributed by atoms with Crippen molar-refractivity contribution in [2.75, 3.05) is 20.3 Å². The Balaban J connectivity index is 1.24. The molecule has 0 aromatic heterocycles. The number of amides is 1. The van der Waals surface area contributed by atoms with Gasteiger partial charge < -0.3 is 24.7 Å². The summed E-state index contributed by atoms with van der Waals surface area (Å²) in [6.07, 6.45) is 12.1. The number of aliphatic hydroxyl groups excluding tert-OH is 1. The van der Waals surface area contributed by atoms with Crippen LogP contribution in [0.5, 0.6) is 0 Å². The number of allylic oxidation sites excluding steroid dienone is 4. The average Bonchev–Trinajstić information content (AvgIpc) is 3.35. The number of carbonyl (C=O) groups is 2. The normalized spacial score (nSPS) is 44.5. The molecule has 1 saturated heterocycles. The SMILES string of the molecule is COC(=O)[C@@H]1C[C@H](O)CN1C(=O)CO/N=C1/C=C[C@@]2(C)C(=C1)CC[C@@H]1[C@@H]2CC[C@@]2(C)[C@H]1CC[C@]2(C)O. The molecule has 5 aliphatic rings. The number of fused-ring (bicyclic) bond motifs is 5. The van der Waals surface area contributed by atoms with Crippen molar-refractivity contribution in [3.63, 3.8) is 0 Å². The highest BCUT2D eigenvalue weighted by Crippen LogP contribution is 2.66. The molecule has 4 aliphatic carbocycles. The van der Waals surface area contributed by atoms with Crippen molar-refractivity contribution in [1.29, 1.82) is 0 Å². The van der Waals surface area contributed by atoms with Gasteiger partial charge in [0, 0.05) is 18.4 Å². The number of nitrogens with zero attached hydrogens (tertiary/aromatic N) is 2. The molecule has 0 unspecified atom stereocenters. The van der Waals surface area contributed by atoms with Gasteiger partial charge in [0.25, 0.3) is 5.91 Å². The van der Waals surface area contributed by atoms with Crippen LogP contribution in [0, 0.1) is 28.6 Å². The third-order valence-electron chi connectivity index (χ3n) is 10.6. The number of likely N-dealkylation sites (tertiary alicyclic amines) is 1. The van der Waals surface area contributed by atoms with E-state index in [0.29, 0.717) is 23.5 Å². The van der Waals surface area contributed by atoms with Crippen molar-refractivity contribution in [1.82, 2.24) is 4.90 Å². The molecule has 1 amide bonds. The van der Waals surface area contributed by atoms with Gasteiger partial charge in [0.05, 0.1) is 18.8 Å². The Morgan fingerprint density at radius 2 is 1.92 bits per heavy atom. The fourth-order valence-corrected chi connectivity index (χ4v) is 8.20. The minimum absolute atomic E-state index is 0.00931. The zero-order valence-corrected chi connectivity index (χ0v) is 21.9. The first-order valence-electron chi connectivity index (χ1n) is 13.4. The summed E-state index contributed by atoms with van der Waals surface area (Å²) in [5, 5.41) is 25.2. The highest BCUT2D eigenvalue weighted by molar-refractivity contribution is 6.05. The highest BCUT2D eigenvalue weighted by atomic mass is 16.6. The van der Waals surface area contributed by atoms with Crippen molar-refractivity contribution in [3.8, 4) is 0 Å². The second-order valence-electron chi connectivity index (χ2n) is 12.2. The average molecular weight is 501 g/mol. The molecular formula is C28H40N2O6. The molecule has 0 bridgehead atoms.